The van der Waals surface area contributed by atoms with Crippen LogP contribution in [0, 0.1) is 11.8 Å². The highest BCUT2D eigenvalue weighted by molar-refractivity contribution is 9.10. The van der Waals surface area contributed by atoms with Crippen LogP contribution in [-0.4, -0.2) is 12.6 Å². The van der Waals surface area contributed by atoms with Crippen molar-refractivity contribution in [1.82, 2.24) is 5.32 Å². The van der Waals surface area contributed by atoms with Gasteiger partial charge in [0.2, 0.25) is 0 Å². The first kappa shape index (κ1) is 14.4. The minimum absolute atomic E-state index is 0.446. The number of hydrogen-bond donors (Lipinski definition) is 1. The van der Waals surface area contributed by atoms with Gasteiger partial charge in [0, 0.05) is 28.5 Å². The van der Waals surface area contributed by atoms with Gasteiger partial charge in [-0.3, -0.25) is 0 Å². The molecule has 0 bridgehead atoms. The molecule has 0 aromatic heterocycles. The Bertz CT molecular complexity index is 476. The first-order valence-electron chi connectivity index (χ1n) is 7.82. The summed E-state index contributed by atoms with van der Waals surface area (Å²) in [5, 5.41) is 3.89. The Morgan fingerprint density at radius 2 is 2.00 bits per heavy atom. The van der Waals surface area contributed by atoms with Crippen LogP contribution in [0.4, 0.5) is 0 Å². The van der Waals surface area contributed by atoms with Crippen molar-refractivity contribution in [3.63, 3.8) is 0 Å². The summed E-state index contributed by atoms with van der Waals surface area (Å²) in [6.07, 6.45) is 5.05. The fraction of sp³-hybridized carbons (Fsp3) is 0.647. The third kappa shape index (κ3) is 3.04. The molecule has 3 heteroatoms. The number of ether oxygens (including phenoxy) is 1. The molecule has 20 heavy (non-hydrogen) atoms. The zero-order valence-electron chi connectivity index (χ0n) is 12.4. The first-order valence-corrected chi connectivity index (χ1v) is 8.61. The minimum Gasteiger partial charge on any atom is -0.493 e. The fourth-order valence-electron chi connectivity index (χ4n) is 3.52. The summed E-state index contributed by atoms with van der Waals surface area (Å²) in [6, 6.07) is 7.46. The van der Waals surface area contributed by atoms with Crippen LogP contribution in [0.2, 0.25) is 0 Å². The van der Waals surface area contributed by atoms with Gasteiger partial charge in [-0.25, -0.2) is 0 Å². The van der Waals surface area contributed by atoms with Gasteiger partial charge in [-0.05, 0) is 49.3 Å². The molecule has 4 unspecified atom stereocenters. The van der Waals surface area contributed by atoms with Crippen LogP contribution in [-0.2, 0) is 0 Å². The van der Waals surface area contributed by atoms with Crippen LogP contribution >= 0.6 is 15.9 Å². The third-order valence-electron chi connectivity index (χ3n) is 5.05. The summed E-state index contributed by atoms with van der Waals surface area (Å²) >= 11 is 3.58. The molecule has 1 fully saturated rings. The SMILES string of the molecule is CC1CCC(NC2CCOc3ccc(Br)cc32)CC1C. The predicted molar refractivity (Wildman–Crippen MR) is 86.1 cm³/mol. The van der Waals surface area contributed by atoms with Crippen LogP contribution in [0.15, 0.2) is 22.7 Å². The number of fused-ring (bicyclic) bond motifs is 1. The number of nitrogens with one attached hydrogen (secondary N) is 1. The van der Waals surface area contributed by atoms with Gasteiger partial charge in [-0.2, -0.15) is 0 Å². The Kier molecular flexibility index (Phi) is 4.37. The molecule has 0 saturated heterocycles. The first-order chi connectivity index (χ1) is 9.63. The molecule has 3 rings (SSSR count). The highest BCUT2D eigenvalue weighted by Gasteiger charge is 2.28. The van der Waals surface area contributed by atoms with Gasteiger partial charge >= 0.3 is 0 Å². The second-order valence-corrected chi connectivity index (χ2v) is 7.42. The lowest BCUT2D eigenvalue weighted by atomic mass is 9.78. The van der Waals surface area contributed by atoms with Gasteiger partial charge in [0.05, 0.1) is 6.61 Å². The van der Waals surface area contributed by atoms with Crippen LogP contribution < -0.4 is 10.1 Å². The Labute approximate surface area is 130 Å². The van der Waals surface area contributed by atoms with Crippen molar-refractivity contribution in [3.05, 3.63) is 28.2 Å². The smallest absolute Gasteiger partial charge is 0.124 e. The van der Waals surface area contributed by atoms with Crippen molar-refractivity contribution >= 4 is 15.9 Å². The van der Waals surface area contributed by atoms with Gasteiger partial charge < -0.3 is 10.1 Å². The average molecular weight is 338 g/mol. The van der Waals surface area contributed by atoms with Crippen LogP contribution in [0.3, 0.4) is 0 Å². The van der Waals surface area contributed by atoms with E-state index in [9.17, 15) is 0 Å². The molecule has 0 amide bonds. The van der Waals surface area contributed by atoms with Gasteiger partial charge in [0.1, 0.15) is 5.75 Å². The van der Waals surface area contributed by atoms with E-state index in [1.807, 2.05) is 0 Å². The molecular weight excluding hydrogens is 314 g/mol. The molecule has 110 valence electrons. The van der Waals surface area contributed by atoms with Gasteiger partial charge in [0.25, 0.3) is 0 Å². The summed E-state index contributed by atoms with van der Waals surface area (Å²) in [5.41, 5.74) is 1.32. The zero-order chi connectivity index (χ0) is 14.1. The van der Waals surface area contributed by atoms with E-state index in [4.69, 9.17) is 4.74 Å². The number of rotatable bonds is 2. The lowest BCUT2D eigenvalue weighted by Gasteiger charge is -2.36. The molecule has 1 aromatic rings. The van der Waals surface area contributed by atoms with Gasteiger partial charge in [-0.1, -0.05) is 29.8 Å². The topological polar surface area (TPSA) is 21.3 Å². The largest absolute Gasteiger partial charge is 0.493 e. The van der Waals surface area contributed by atoms with Gasteiger partial charge in [-0.15, -0.1) is 0 Å². The Hall–Kier alpha value is -0.540. The summed E-state index contributed by atoms with van der Waals surface area (Å²) in [4.78, 5) is 0. The summed E-state index contributed by atoms with van der Waals surface area (Å²) in [5.74, 6) is 2.77. The van der Waals surface area contributed by atoms with E-state index in [1.165, 1.54) is 24.8 Å². The summed E-state index contributed by atoms with van der Waals surface area (Å²) in [6.45, 7) is 5.61. The molecule has 1 saturated carbocycles. The van der Waals surface area contributed by atoms with Crippen molar-refractivity contribution in [2.45, 2.75) is 51.6 Å². The predicted octanol–water partition coefficient (Wildman–Crippen LogP) is 4.69. The molecule has 1 aliphatic carbocycles. The minimum atomic E-state index is 0.446. The summed E-state index contributed by atoms with van der Waals surface area (Å²) in [7, 11) is 0. The maximum absolute atomic E-state index is 5.78. The average Bonchev–Trinajstić information content (AvgIpc) is 2.44. The van der Waals surface area contributed by atoms with Gasteiger partial charge in [0.15, 0.2) is 0 Å². The number of hydrogen-bond acceptors (Lipinski definition) is 2. The number of halogens is 1. The molecule has 1 aromatic carbocycles. The maximum atomic E-state index is 5.78. The molecule has 1 aliphatic heterocycles. The van der Waals surface area contributed by atoms with E-state index in [0.717, 1.165) is 35.1 Å². The highest BCUT2D eigenvalue weighted by atomic mass is 79.9. The van der Waals surface area contributed by atoms with E-state index >= 15 is 0 Å². The van der Waals surface area contributed by atoms with Crippen molar-refractivity contribution < 1.29 is 4.74 Å². The molecule has 2 aliphatic rings. The number of benzene rings is 1. The lowest BCUT2D eigenvalue weighted by molar-refractivity contribution is 0.192. The van der Waals surface area contributed by atoms with E-state index in [-0.39, 0.29) is 0 Å². The molecule has 2 nitrogen and oxygen atoms in total. The molecule has 0 spiro atoms. The van der Waals surface area contributed by atoms with E-state index in [1.54, 1.807) is 0 Å². The Morgan fingerprint density at radius 3 is 2.80 bits per heavy atom. The quantitative estimate of drug-likeness (QED) is 0.845. The molecule has 1 heterocycles. The highest BCUT2D eigenvalue weighted by Crippen LogP contribution is 2.36. The second-order valence-electron chi connectivity index (χ2n) is 6.50. The maximum Gasteiger partial charge on any atom is 0.124 e. The monoisotopic (exact) mass is 337 g/mol. The Balaban J connectivity index is 1.71. The lowest BCUT2D eigenvalue weighted by Crippen LogP contribution is -2.40. The molecule has 1 N–H and O–H groups in total. The molecular formula is C17H24BrNO. The van der Waals surface area contributed by atoms with Crippen LogP contribution in [0.1, 0.15) is 51.1 Å². The standard InChI is InChI=1S/C17H24BrNO/c1-11-3-5-14(9-12(11)2)19-16-7-8-20-17-6-4-13(18)10-15(16)17/h4,6,10-12,14,16,19H,3,5,7-9H2,1-2H3. The molecule has 4 atom stereocenters. The van der Waals surface area contributed by atoms with E-state index in [0.29, 0.717) is 12.1 Å². The molecule has 0 radical (unpaired) electrons. The van der Waals surface area contributed by atoms with Crippen molar-refractivity contribution in [1.29, 1.82) is 0 Å². The van der Waals surface area contributed by atoms with Crippen molar-refractivity contribution in [2.75, 3.05) is 6.61 Å². The second kappa shape index (κ2) is 6.07. The normalized spacial score (nSPS) is 33.4. The van der Waals surface area contributed by atoms with Crippen molar-refractivity contribution in [3.8, 4) is 5.75 Å². The van der Waals surface area contributed by atoms with E-state index in [2.05, 4.69) is 53.3 Å². The fourth-order valence-corrected chi connectivity index (χ4v) is 3.90. The summed E-state index contributed by atoms with van der Waals surface area (Å²) < 4.78 is 6.91. The Morgan fingerprint density at radius 1 is 1.15 bits per heavy atom. The zero-order valence-corrected chi connectivity index (χ0v) is 13.9. The van der Waals surface area contributed by atoms with Crippen LogP contribution in [0.5, 0.6) is 5.75 Å². The van der Waals surface area contributed by atoms with Crippen LogP contribution in [0.25, 0.3) is 0 Å². The third-order valence-corrected chi connectivity index (χ3v) is 5.54. The van der Waals surface area contributed by atoms with Crippen molar-refractivity contribution in [2.24, 2.45) is 11.8 Å². The van der Waals surface area contributed by atoms with E-state index < -0.39 is 0 Å².